The molecule has 23 heavy (non-hydrogen) atoms. The highest BCUT2D eigenvalue weighted by molar-refractivity contribution is 7.89. The number of anilines is 1. The molecule has 1 aromatic rings. The van der Waals surface area contributed by atoms with Crippen molar-refractivity contribution in [2.75, 3.05) is 12.4 Å². The number of benzene rings is 1. The van der Waals surface area contributed by atoms with Gasteiger partial charge in [-0.3, -0.25) is 0 Å². The quantitative estimate of drug-likeness (QED) is 0.665. The Morgan fingerprint density at radius 1 is 1.22 bits per heavy atom. The molecule has 0 aromatic heterocycles. The minimum atomic E-state index is -3.78. The number of hydrogen-bond acceptors (Lipinski definition) is 5. The monoisotopic (exact) mass is 343 g/mol. The van der Waals surface area contributed by atoms with E-state index in [4.69, 9.17) is 5.14 Å². The highest BCUT2D eigenvalue weighted by Gasteiger charge is 2.22. The minimum Gasteiger partial charge on any atom is -0.467 e. The van der Waals surface area contributed by atoms with E-state index < -0.39 is 28.1 Å². The Labute approximate surface area is 135 Å². The molecule has 4 N–H and O–H groups in total. The van der Waals surface area contributed by atoms with Crippen LogP contribution >= 0.6 is 0 Å². The van der Waals surface area contributed by atoms with Gasteiger partial charge in [0.2, 0.25) is 10.0 Å². The fraction of sp³-hybridized carbons (Fsp3) is 0.429. The van der Waals surface area contributed by atoms with Crippen molar-refractivity contribution in [3.05, 3.63) is 24.3 Å². The van der Waals surface area contributed by atoms with E-state index in [0.29, 0.717) is 12.1 Å². The van der Waals surface area contributed by atoms with Crippen molar-refractivity contribution in [2.45, 2.75) is 31.2 Å². The number of carbonyl (C=O) groups excluding carboxylic acids is 2. The molecule has 0 aliphatic heterocycles. The molecule has 0 radical (unpaired) electrons. The van der Waals surface area contributed by atoms with Crippen LogP contribution in [0.25, 0.3) is 0 Å². The van der Waals surface area contributed by atoms with E-state index in [1.54, 1.807) is 0 Å². The molecule has 128 valence electrons. The molecule has 0 aliphatic carbocycles. The molecule has 0 heterocycles. The Kier molecular flexibility index (Phi) is 6.52. The van der Waals surface area contributed by atoms with Crippen molar-refractivity contribution < 1.29 is 22.7 Å². The number of amides is 2. The van der Waals surface area contributed by atoms with Gasteiger partial charge < -0.3 is 15.4 Å². The normalized spacial score (nSPS) is 12.6. The van der Waals surface area contributed by atoms with E-state index in [1.165, 1.54) is 31.4 Å². The van der Waals surface area contributed by atoms with Gasteiger partial charge in [-0.1, -0.05) is 13.8 Å². The second-order valence-corrected chi connectivity index (χ2v) is 6.93. The zero-order valence-corrected chi connectivity index (χ0v) is 14.0. The van der Waals surface area contributed by atoms with Crippen LogP contribution in [0.15, 0.2) is 29.2 Å². The molecule has 1 atom stereocenters. The van der Waals surface area contributed by atoms with Crippen molar-refractivity contribution in [1.82, 2.24) is 5.32 Å². The van der Waals surface area contributed by atoms with Crippen molar-refractivity contribution >= 4 is 27.7 Å². The number of nitrogens with one attached hydrogen (secondary N) is 2. The third-order valence-corrected chi connectivity index (χ3v) is 3.87. The molecule has 8 nitrogen and oxygen atoms in total. The largest absolute Gasteiger partial charge is 0.467 e. The van der Waals surface area contributed by atoms with Crippen LogP contribution < -0.4 is 15.8 Å². The summed E-state index contributed by atoms with van der Waals surface area (Å²) in [4.78, 5) is 23.5. The molecule has 0 bridgehead atoms. The lowest BCUT2D eigenvalue weighted by Gasteiger charge is -2.18. The Hall–Kier alpha value is -2.13. The zero-order chi connectivity index (χ0) is 17.6. The Bertz CT molecular complexity index is 655. The minimum absolute atomic E-state index is 0.0595. The number of nitrogens with two attached hydrogens (primary N) is 1. The fourth-order valence-electron chi connectivity index (χ4n) is 1.88. The van der Waals surface area contributed by atoms with Crippen molar-refractivity contribution in [3.63, 3.8) is 0 Å². The van der Waals surface area contributed by atoms with Crippen molar-refractivity contribution in [1.29, 1.82) is 0 Å². The highest BCUT2D eigenvalue weighted by Crippen LogP contribution is 2.13. The smallest absolute Gasteiger partial charge is 0.328 e. The summed E-state index contributed by atoms with van der Waals surface area (Å²) in [5.41, 5.74) is 0.364. The zero-order valence-electron chi connectivity index (χ0n) is 13.2. The first kappa shape index (κ1) is 18.9. The van der Waals surface area contributed by atoms with E-state index in [9.17, 15) is 18.0 Å². The number of urea groups is 1. The van der Waals surface area contributed by atoms with E-state index in [2.05, 4.69) is 15.4 Å². The molecular weight excluding hydrogens is 322 g/mol. The van der Waals surface area contributed by atoms with Crippen LogP contribution in [0, 0.1) is 5.92 Å². The van der Waals surface area contributed by atoms with E-state index in [-0.39, 0.29) is 10.8 Å². The molecule has 1 rings (SSSR count). The van der Waals surface area contributed by atoms with E-state index in [1.807, 2.05) is 13.8 Å². The number of sulfonamides is 1. The van der Waals surface area contributed by atoms with Crippen LogP contribution in [-0.4, -0.2) is 33.6 Å². The Morgan fingerprint density at radius 2 is 1.78 bits per heavy atom. The average Bonchev–Trinajstić information content (AvgIpc) is 2.44. The molecule has 0 aliphatic rings. The standard InChI is InChI=1S/C14H21N3O5S/c1-9(2)8-12(13(18)22-3)17-14(19)16-10-4-6-11(7-5-10)23(15,20)21/h4-7,9,12H,8H2,1-3H3,(H2,15,20,21)(H2,16,17,19)/t12-/m0/s1. The Morgan fingerprint density at radius 3 is 2.22 bits per heavy atom. The molecular formula is C14H21N3O5S. The summed E-state index contributed by atoms with van der Waals surface area (Å²) in [5.74, 6) is -0.341. The predicted octanol–water partition coefficient (Wildman–Crippen LogP) is 1.04. The van der Waals surface area contributed by atoms with Crippen LogP contribution in [0.2, 0.25) is 0 Å². The molecule has 2 amide bonds. The first-order chi connectivity index (χ1) is 10.6. The summed E-state index contributed by atoms with van der Waals surface area (Å²) in [5, 5.41) is 10.0. The number of carbonyl (C=O) groups is 2. The highest BCUT2D eigenvalue weighted by atomic mass is 32.2. The molecule has 0 saturated heterocycles. The number of ether oxygens (including phenoxy) is 1. The van der Waals surface area contributed by atoms with Gasteiger partial charge in [-0.15, -0.1) is 0 Å². The molecule has 0 fully saturated rings. The van der Waals surface area contributed by atoms with E-state index in [0.717, 1.165) is 0 Å². The van der Waals surface area contributed by atoms with Gasteiger partial charge in [0.25, 0.3) is 0 Å². The van der Waals surface area contributed by atoms with Crippen LogP contribution in [0.5, 0.6) is 0 Å². The lowest BCUT2D eigenvalue weighted by Crippen LogP contribution is -2.44. The van der Waals surface area contributed by atoms with Gasteiger partial charge in [-0.25, -0.2) is 23.1 Å². The molecule has 0 unspecified atom stereocenters. The summed E-state index contributed by atoms with van der Waals surface area (Å²) in [7, 11) is -2.53. The third-order valence-electron chi connectivity index (χ3n) is 2.94. The van der Waals surface area contributed by atoms with Gasteiger partial charge in [0.15, 0.2) is 0 Å². The molecule has 0 saturated carbocycles. The van der Waals surface area contributed by atoms with Gasteiger partial charge >= 0.3 is 12.0 Å². The van der Waals surface area contributed by atoms with Crippen LogP contribution in [0.3, 0.4) is 0 Å². The lowest BCUT2D eigenvalue weighted by molar-refractivity contribution is -0.143. The van der Waals surface area contributed by atoms with Gasteiger partial charge in [0, 0.05) is 5.69 Å². The molecule has 9 heteroatoms. The number of rotatable bonds is 6. The van der Waals surface area contributed by atoms with Crippen molar-refractivity contribution in [3.8, 4) is 0 Å². The summed E-state index contributed by atoms with van der Waals surface area (Å²) in [6, 6.07) is 3.99. The van der Waals surface area contributed by atoms with Crippen molar-refractivity contribution in [2.24, 2.45) is 11.1 Å². The first-order valence-electron chi connectivity index (χ1n) is 6.91. The third kappa shape index (κ3) is 6.25. The average molecular weight is 343 g/mol. The van der Waals surface area contributed by atoms with Gasteiger partial charge in [-0.2, -0.15) is 0 Å². The van der Waals surface area contributed by atoms with Crippen LogP contribution in [-0.2, 0) is 19.6 Å². The lowest BCUT2D eigenvalue weighted by atomic mass is 10.0. The second kappa shape index (κ2) is 7.93. The number of esters is 1. The van der Waals surface area contributed by atoms with Gasteiger partial charge in [-0.05, 0) is 36.6 Å². The Balaban J connectivity index is 2.72. The van der Waals surface area contributed by atoms with E-state index >= 15 is 0 Å². The topological polar surface area (TPSA) is 128 Å². The number of methoxy groups -OCH3 is 1. The summed E-state index contributed by atoms with van der Waals surface area (Å²) in [6.45, 7) is 3.84. The maximum absolute atomic E-state index is 11.9. The van der Waals surface area contributed by atoms with Crippen LogP contribution in [0.1, 0.15) is 20.3 Å². The van der Waals surface area contributed by atoms with Crippen LogP contribution in [0.4, 0.5) is 10.5 Å². The first-order valence-corrected chi connectivity index (χ1v) is 8.46. The fourth-order valence-corrected chi connectivity index (χ4v) is 2.40. The SMILES string of the molecule is COC(=O)[C@H](CC(C)C)NC(=O)Nc1ccc(S(N)(=O)=O)cc1. The summed E-state index contributed by atoms with van der Waals surface area (Å²) in [6.07, 6.45) is 0.435. The summed E-state index contributed by atoms with van der Waals surface area (Å²) < 4.78 is 27.0. The maximum atomic E-state index is 11.9. The summed E-state index contributed by atoms with van der Waals surface area (Å²) >= 11 is 0. The number of primary sulfonamides is 1. The maximum Gasteiger partial charge on any atom is 0.328 e. The second-order valence-electron chi connectivity index (χ2n) is 5.37. The predicted molar refractivity (Wildman–Crippen MR) is 85.2 cm³/mol. The molecule has 1 aromatic carbocycles. The number of hydrogen-bond donors (Lipinski definition) is 3. The molecule has 0 spiro atoms. The van der Waals surface area contributed by atoms with Gasteiger partial charge in [0.05, 0.1) is 12.0 Å². The van der Waals surface area contributed by atoms with Gasteiger partial charge in [0.1, 0.15) is 6.04 Å².